The minimum atomic E-state index is 0.273. The van der Waals surface area contributed by atoms with Gasteiger partial charge >= 0.3 is 0 Å². The Balaban J connectivity index is 2.32. The van der Waals surface area contributed by atoms with Gasteiger partial charge in [0.05, 0.1) is 0 Å². The third kappa shape index (κ3) is 5.48. The summed E-state index contributed by atoms with van der Waals surface area (Å²) in [5, 5.41) is 3.24. The number of rotatable bonds is 8. The fourth-order valence-corrected chi connectivity index (χ4v) is 1.75. The highest BCUT2D eigenvalue weighted by Gasteiger charge is 2.07. The molecular weight excluding hydrogens is 258 g/mol. The Morgan fingerprint density at radius 1 is 1.37 bits per heavy atom. The van der Waals surface area contributed by atoms with Crippen LogP contribution in [0.4, 0.5) is 5.82 Å². The van der Waals surface area contributed by atoms with Gasteiger partial charge in [0.2, 0.25) is 0 Å². The van der Waals surface area contributed by atoms with E-state index in [0.29, 0.717) is 17.6 Å². The zero-order chi connectivity index (χ0) is 14.3. The SMILES string of the molecule is CC(C)N(C)CCCCNc1nccnc1C(N)=S. The lowest BCUT2D eigenvalue weighted by atomic mass is 10.2. The van der Waals surface area contributed by atoms with Crippen LogP contribution >= 0.6 is 12.2 Å². The van der Waals surface area contributed by atoms with E-state index in [0.717, 1.165) is 25.9 Å². The first-order valence-electron chi connectivity index (χ1n) is 6.57. The summed E-state index contributed by atoms with van der Waals surface area (Å²) in [6, 6.07) is 0.592. The first-order valence-corrected chi connectivity index (χ1v) is 6.98. The van der Waals surface area contributed by atoms with Crippen LogP contribution in [0, 0.1) is 0 Å². The topological polar surface area (TPSA) is 67.1 Å². The van der Waals surface area contributed by atoms with Crippen LogP contribution in [0.25, 0.3) is 0 Å². The molecule has 1 aromatic rings. The molecule has 0 spiro atoms. The molecule has 0 bridgehead atoms. The Labute approximate surface area is 120 Å². The number of nitrogens with two attached hydrogens (primary N) is 1. The van der Waals surface area contributed by atoms with E-state index in [2.05, 4.69) is 41.1 Å². The third-order valence-electron chi connectivity index (χ3n) is 3.04. The highest BCUT2D eigenvalue weighted by atomic mass is 32.1. The number of nitrogens with one attached hydrogen (secondary N) is 1. The van der Waals surface area contributed by atoms with Gasteiger partial charge in [-0.3, -0.25) is 0 Å². The van der Waals surface area contributed by atoms with Crippen LogP contribution in [-0.4, -0.2) is 46.0 Å². The monoisotopic (exact) mass is 281 g/mol. The van der Waals surface area contributed by atoms with E-state index in [9.17, 15) is 0 Å². The average Bonchev–Trinajstić information content (AvgIpc) is 2.38. The van der Waals surface area contributed by atoms with E-state index in [1.54, 1.807) is 12.4 Å². The average molecular weight is 281 g/mol. The summed E-state index contributed by atoms with van der Waals surface area (Å²) in [6.07, 6.45) is 5.45. The Hall–Kier alpha value is -1.27. The molecule has 0 saturated carbocycles. The lowest BCUT2D eigenvalue weighted by Gasteiger charge is -2.20. The first kappa shape index (κ1) is 15.8. The fourth-order valence-electron chi connectivity index (χ4n) is 1.60. The number of aromatic nitrogens is 2. The van der Waals surface area contributed by atoms with Crippen molar-refractivity contribution in [3.8, 4) is 0 Å². The zero-order valence-electron chi connectivity index (χ0n) is 11.9. The summed E-state index contributed by atoms with van der Waals surface area (Å²) in [5.41, 5.74) is 6.17. The maximum Gasteiger partial charge on any atom is 0.155 e. The Morgan fingerprint density at radius 2 is 2.05 bits per heavy atom. The maximum atomic E-state index is 5.60. The molecule has 1 heterocycles. The van der Waals surface area contributed by atoms with Crippen molar-refractivity contribution in [3.63, 3.8) is 0 Å². The van der Waals surface area contributed by atoms with Crippen molar-refractivity contribution in [3.05, 3.63) is 18.1 Å². The summed E-state index contributed by atoms with van der Waals surface area (Å²) < 4.78 is 0. The molecule has 0 atom stereocenters. The van der Waals surface area contributed by atoms with Crippen molar-refractivity contribution < 1.29 is 0 Å². The molecule has 0 aromatic carbocycles. The predicted octanol–water partition coefficient (Wildman–Crippen LogP) is 1.64. The standard InChI is InChI=1S/C13H23N5S/c1-10(2)18(3)9-5-4-6-16-13-11(12(14)19)15-7-8-17-13/h7-8,10H,4-6,9H2,1-3H3,(H2,14,19)(H,16,17). The quantitative estimate of drug-likeness (QED) is 0.558. The van der Waals surface area contributed by atoms with Crippen molar-refractivity contribution >= 4 is 23.0 Å². The van der Waals surface area contributed by atoms with Gasteiger partial charge in [0.25, 0.3) is 0 Å². The van der Waals surface area contributed by atoms with E-state index in [1.165, 1.54) is 0 Å². The summed E-state index contributed by atoms with van der Waals surface area (Å²) >= 11 is 4.94. The smallest absolute Gasteiger partial charge is 0.155 e. The minimum absolute atomic E-state index is 0.273. The molecule has 1 rings (SSSR count). The van der Waals surface area contributed by atoms with Gasteiger partial charge in [-0.05, 0) is 40.3 Å². The lowest BCUT2D eigenvalue weighted by molar-refractivity contribution is 0.269. The molecule has 19 heavy (non-hydrogen) atoms. The molecule has 3 N–H and O–H groups in total. The molecule has 5 nitrogen and oxygen atoms in total. The Morgan fingerprint density at radius 3 is 2.68 bits per heavy atom. The second-order valence-electron chi connectivity index (χ2n) is 4.83. The van der Waals surface area contributed by atoms with Crippen LogP contribution in [-0.2, 0) is 0 Å². The third-order valence-corrected chi connectivity index (χ3v) is 3.24. The number of hydrogen-bond donors (Lipinski definition) is 2. The predicted molar refractivity (Wildman–Crippen MR) is 83.4 cm³/mol. The van der Waals surface area contributed by atoms with Gasteiger partial charge in [-0.1, -0.05) is 12.2 Å². The highest BCUT2D eigenvalue weighted by Crippen LogP contribution is 2.08. The molecule has 0 aliphatic carbocycles. The van der Waals surface area contributed by atoms with Gasteiger partial charge in [-0.25, -0.2) is 9.97 Å². The number of hydrogen-bond acceptors (Lipinski definition) is 5. The molecule has 106 valence electrons. The zero-order valence-corrected chi connectivity index (χ0v) is 12.7. The number of unbranched alkanes of at least 4 members (excludes halogenated alkanes) is 1. The highest BCUT2D eigenvalue weighted by molar-refractivity contribution is 7.80. The van der Waals surface area contributed by atoms with Crippen molar-refractivity contribution in [2.75, 3.05) is 25.5 Å². The molecule has 6 heteroatoms. The van der Waals surface area contributed by atoms with E-state index in [1.807, 2.05) is 0 Å². The lowest BCUT2D eigenvalue weighted by Crippen LogP contribution is -2.27. The summed E-state index contributed by atoms with van der Waals surface area (Å²) in [7, 11) is 2.14. The fraction of sp³-hybridized carbons (Fsp3) is 0.615. The van der Waals surface area contributed by atoms with Gasteiger partial charge in [0.1, 0.15) is 10.7 Å². The van der Waals surface area contributed by atoms with Crippen LogP contribution in [0.1, 0.15) is 32.4 Å². The number of thiocarbonyl (C=S) groups is 1. The van der Waals surface area contributed by atoms with Crippen molar-refractivity contribution in [2.24, 2.45) is 5.73 Å². The summed E-state index contributed by atoms with van der Waals surface area (Å²) in [4.78, 5) is 10.9. The van der Waals surface area contributed by atoms with Crippen LogP contribution < -0.4 is 11.1 Å². The van der Waals surface area contributed by atoms with E-state index in [4.69, 9.17) is 18.0 Å². The minimum Gasteiger partial charge on any atom is -0.388 e. The summed E-state index contributed by atoms with van der Waals surface area (Å²) in [6.45, 7) is 6.35. The molecule has 0 radical (unpaired) electrons. The molecule has 0 fully saturated rings. The van der Waals surface area contributed by atoms with Crippen LogP contribution in [0.2, 0.25) is 0 Å². The molecule has 1 aromatic heterocycles. The molecule has 0 aliphatic heterocycles. The van der Waals surface area contributed by atoms with Crippen molar-refractivity contribution in [2.45, 2.75) is 32.7 Å². The van der Waals surface area contributed by atoms with Crippen LogP contribution in [0.15, 0.2) is 12.4 Å². The van der Waals surface area contributed by atoms with Crippen LogP contribution in [0.3, 0.4) is 0 Å². The van der Waals surface area contributed by atoms with E-state index in [-0.39, 0.29) is 4.99 Å². The Bertz CT molecular complexity index is 408. The van der Waals surface area contributed by atoms with Crippen molar-refractivity contribution in [1.29, 1.82) is 0 Å². The van der Waals surface area contributed by atoms with E-state index >= 15 is 0 Å². The molecule has 0 saturated heterocycles. The van der Waals surface area contributed by atoms with Gasteiger partial charge in [0.15, 0.2) is 5.82 Å². The Kier molecular flexibility index (Phi) is 6.66. The molecule has 0 unspecified atom stereocenters. The van der Waals surface area contributed by atoms with Gasteiger partial charge in [-0.2, -0.15) is 0 Å². The van der Waals surface area contributed by atoms with Crippen molar-refractivity contribution in [1.82, 2.24) is 14.9 Å². The maximum absolute atomic E-state index is 5.60. The van der Waals surface area contributed by atoms with Gasteiger partial charge in [-0.15, -0.1) is 0 Å². The molecule has 0 aliphatic rings. The number of nitrogens with zero attached hydrogens (tertiary/aromatic N) is 3. The van der Waals surface area contributed by atoms with Gasteiger partial charge in [0, 0.05) is 25.0 Å². The first-order chi connectivity index (χ1) is 9.02. The largest absolute Gasteiger partial charge is 0.388 e. The normalized spacial score (nSPS) is 11.0. The molecular formula is C13H23N5S. The molecule has 0 amide bonds. The summed E-state index contributed by atoms with van der Waals surface area (Å²) in [5.74, 6) is 0.673. The van der Waals surface area contributed by atoms with Crippen LogP contribution in [0.5, 0.6) is 0 Å². The van der Waals surface area contributed by atoms with Gasteiger partial charge < -0.3 is 16.0 Å². The van der Waals surface area contributed by atoms with E-state index < -0.39 is 0 Å². The second-order valence-corrected chi connectivity index (χ2v) is 5.27. The second kappa shape index (κ2) is 8.01. The number of anilines is 1.